The van der Waals surface area contributed by atoms with E-state index >= 15 is 0 Å². The van der Waals surface area contributed by atoms with E-state index in [0.717, 1.165) is 5.52 Å². The molecule has 124 valence electrons. The minimum absolute atomic E-state index is 0.106. The molecule has 0 aliphatic heterocycles. The van der Waals surface area contributed by atoms with Crippen molar-refractivity contribution in [3.63, 3.8) is 0 Å². The number of ether oxygens (including phenoxy) is 1. The number of amides is 1. The van der Waals surface area contributed by atoms with Gasteiger partial charge in [-0.05, 0) is 12.1 Å². The molecule has 7 nitrogen and oxygen atoms in total. The van der Waals surface area contributed by atoms with E-state index in [1.54, 1.807) is 25.1 Å². The number of aromatic nitrogens is 4. The topological polar surface area (TPSA) is 86.9 Å². The minimum atomic E-state index is -0.106. The van der Waals surface area contributed by atoms with Crippen LogP contribution in [0.15, 0.2) is 18.2 Å². The van der Waals surface area contributed by atoms with Crippen LogP contribution in [-0.4, -0.2) is 58.3 Å². The molecule has 1 aromatic carbocycles. The molecule has 24 heavy (non-hydrogen) atoms. The molecular formula is C17H19N5O2. The van der Waals surface area contributed by atoms with E-state index in [1.165, 1.54) is 0 Å². The highest BCUT2D eigenvalue weighted by atomic mass is 16.5. The fourth-order valence-electron chi connectivity index (χ4n) is 2.45. The maximum Gasteiger partial charge on any atom is 0.255 e. The van der Waals surface area contributed by atoms with Crippen molar-refractivity contribution in [2.45, 2.75) is 0 Å². The third-order valence-electron chi connectivity index (χ3n) is 3.90. The predicted molar refractivity (Wildman–Crippen MR) is 92.8 cm³/mol. The average molecular weight is 325 g/mol. The smallest absolute Gasteiger partial charge is 0.255 e. The van der Waals surface area contributed by atoms with Crippen LogP contribution in [0.2, 0.25) is 0 Å². The summed E-state index contributed by atoms with van der Waals surface area (Å²) in [6.45, 7) is 8.75. The Balaban J connectivity index is 2.05. The van der Waals surface area contributed by atoms with Gasteiger partial charge in [0.15, 0.2) is 5.82 Å². The van der Waals surface area contributed by atoms with Crippen LogP contribution in [0.25, 0.3) is 35.7 Å². The van der Waals surface area contributed by atoms with Crippen LogP contribution in [0.5, 0.6) is 0 Å². The first-order chi connectivity index (χ1) is 11.5. The van der Waals surface area contributed by atoms with Crippen molar-refractivity contribution in [1.29, 1.82) is 0 Å². The first-order valence-corrected chi connectivity index (χ1v) is 7.48. The van der Waals surface area contributed by atoms with E-state index in [0.29, 0.717) is 46.3 Å². The van der Waals surface area contributed by atoms with Crippen LogP contribution < -0.4 is 10.6 Å². The Labute approximate surface area is 138 Å². The summed E-state index contributed by atoms with van der Waals surface area (Å²) < 4.78 is 5.02. The summed E-state index contributed by atoms with van der Waals surface area (Å²) in [4.78, 5) is 22.0. The summed E-state index contributed by atoms with van der Waals surface area (Å²) in [7, 11) is 3.35. The number of H-pyrrole nitrogens is 2. The number of para-hydroxylation sites is 1. The molecule has 7 heteroatoms. The highest BCUT2D eigenvalue weighted by Gasteiger charge is 2.18. The Morgan fingerprint density at radius 3 is 2.83 bits per heavy atom. The van der Waals surface area contributed by atoms with Crippen molar-refractivity contribution in [2.75, 3.05) is 27.3 Å². The zero-order valence-corrected chi connectivity index (χ0v) is 13.7. The summed E-state index contributed by atoms with van der Waals surface area (Å²) in [5.41, 5.74) is 2.51. The highest BCUT2D eigenvalue weighted by molar-refractivity contribution is 6.05. The number of carbonyl (C=O) groups excluding carboxylic acids is 1. The number of imidazole rings is 1. The van der Waals surface area contributed by atoms with Gasteiger partial charge in [0.1, 0.15) is 11.2 Å². The second-order valence-corrected chi connectivity index (χ2v) is 5.54. The molecule has 0 unspecified atom stereocenters. The molecule has 1 amide bonds. The molecule has 0 atom stereocenters. The first kappa shape index (κ1) is 15.9. The monoisotopic (exact) mass is 325 g/mol. The second-order valence-electron chi connectivity index (χ2n) is 5.54. The molecule has 2 N–H and O–H groups in total. The number of aromatic amines is 2. The Hall–Kier alpha value is -2.93. The summed E-state index contributed by atoms with van der Waals surface area (Å²) in [6, 6.07) is 5.46. The zero-order valence-electron chi connectivity index (χ0n) is 13.7. The van der Waals surface area contributed by atoms with E-state index in [-0.39, 0.29) is 5.91 Å². The standard InChI is InChI=1S/C17H19N5O2/c1-10-11(2)20-21-14(10)16-18-13-7-5-6-12(15(13)19-16)17(23)22(3)8-9-24-4/h5-7,20H,1-2,8-9H2,3-4H3,(H,18,19). The SMILES string of the molecule is C=c1[nH]nc(-c2nc3c(C(=O)N(C)CCOC)cccc3[nH]2)c1=C. The number of benzene rings is 1. The lowest BCUT2D eigenvalue weighted by Crippen LogP contribution is -2.30. The summed E-state index contributed by atoms with van der Waals surface area (Å²) in [6.07, 6.45) is 0. The quantitative estimate of drug-likeness (QED) is 0.715. The molecular weight excluding hydrogens is 306 g/mol. The molecule has 0 fully saturated rings. The number of nitrogens with zero attached hydrogens (tertiary/aromatic N) is 3. The fraction of sp³-hybridized carbons (Fsp3) is 0.235. The van der Waals surface area contributed by atoms with E-state index in [2.05, 4.69) is 33.3 Å². The summed E-state index contributed by atoms with van der Waals surface area (Å²) in [5, 5.41) is 8.28. The van der Waals surface area contributed by atoms with E-state index in [9.17, 15) is 4.79 Å². The second kappa shape index (κ2) is 6.29. The van der Waals surface area contributed by atoms with Crippen LogP contribution in [-0.2, 0) is 4.74 Å². The maximum atomic E-state index is 12.7. The Bertz CT molecular complexity index is 988. The number of methoxy groups -OCH3 is 1. The van der Waals surface area contributed by atoms with E-state index < -0.39 is 0 Å². The number of carbonyl (C=O) groups is 1. The van der Waals surface area contributed by atoms with Gasteiger partial charge in [0.05, 0.1) is 23.0 Å². The predicted octanol–water partition coefficient (Wildman–Crippen LogP) is 0.492. The molecule has 2 aromatic heterocycles. The van der Waals surface area contributed by atoms with Gasteiger partial charge in [0.2, 0.25) is 0 Å². The number of hydrogen-bond acceptors (Lipinski definition) is 4. The zero-order chi connectivity index (χ0) is 17.3. The number of likely N-dealkylation sites (N-methyl/N-ethyl adjacent to an activating group) is 1. The Morgan fingerprint density at radius 2 is 2.17 bits per heavy atom. The molecule has 3 rings (SSSR count). The van der Waals surface area contributed by atoms with Crippen molar-refractivity contribution < 1.29 is 9.53 Å². The van der Waals surface area contributed by atoms with Crippen LogP contribution in [0, 0.1) is 0 Å². The fourth-order valence-corrected chi connectivity index (χ4v) is 2.45. The molecule has 0 saturated carbocycles. The van der Waals surface area contributed by atoms with Crippen molar-refractivity contribution in [1.82, 2.24) is 25.1 Å². The molecule has 0 saturated heterocycles. The Kier molecular flexibility index (Phi) is 4.18. The minimum Gasteiger partial charge on any atom is -0.383 e. The number of rotatable bonds is 5. The van der Waals surface area contributed by atoms with Gasteiger partial charge in [-0.15, -0.1) is 0 Å². The van der Waals surface area contributed by atoms with Gasteiger partial charge in [-0.25, -0.2) is 4.98 Å². The van der Waals surface area contributed by atoms with Crippen LogP contribution in [0.4, 0.5) is 0 Å². The maximum absolute atomic E-state index is 12.7. The number of fused-ring (bicyclic) bond motifs is 1. The number of nitrogens with one attached hydrogen (secondary N) is 2. The van der Waals surface area contributed by atoms with Gasteiger partial charge >= 0.3 is 0 Å². The van der Waals surface area contributed by atoms with Gasteiger partial charge in [-0.1, -0.05) is 19.2 Å². The van der Waals surface area contributed by atoms with E-state index in [4.69, 9.17) is 4.74 Å². The lowest BCUT2D eigenvalue weighted by molar-refractivity contribution is 0.0746. The number of hydrogen-bond donors (Lipinski definition) is 2. The van der Waals surface area contributed by atoms with Gasteiger partial charge in [-0.3, -0.25) is 9.89 Å². The largest absolute Gasteiger partial charge is 0.383 e. The van der Waals surface area contributed by atoms with Crippen molar-refractivity contribution in [3.8, 4) is 11.5 Å². The summed E-state index contributed by atoms with van der Waals surface area (Å²) >= 11 is 0. The van der Waals surface area contributed by atoms with Crippen LogP contribution >= 0.6 is 0 Å². The molecule has 2 heterocycles. The normalized spacial score (nSPS) is 11.1. The van der Waals surface area contributed by atoms with E-state index in [1.807, 2.05) is 12.1 Å². The molecule has 0 spiro atoms. The van der Waals surface area contributed by atoms with Crippen molar-refractivity contribution in [3.05, 3.63) is 34.3 Å². The molecule has 0 bridgehead atoms. The Morgan fingerprint density at radius 1 is 1.38 bits per heavy atom. The van der Waals surface area contributed by atoms with Gasteiger partial charge < -0.3 is 14.6 Å². The molecule has 3 aromatic rings. The van der Waals surface area contributed by atoms with Gasteiger partial charge in [0, 0.05) is 25.9 Å². The molecule has 0 radical (unpaired) electrons. The van der Waals surface area contributed by atoms with Crippen LogP contribution in [0.1, 0.15) is 10.4 Å². The van der Waals surface area contributed by atoms with Gasteiger partial charge in [0.25, 0.3) is 5.91 Å². The molecule has 0 aliphatic carbocycles. The van der Waals surface area contributed by atoms with Crippen molar-refractivity contribution >= 4 is 30.1 Å². The third kappa shape index (κ3) is 2.69. The molecule has 0 aliphatic rings. The lowest BCUT2D eigenvalue weighted by Gasteiger charge is -2.16. The first-order valence-electron chi connectivity index (χ1n) is 7.48. The van der Waals surface area contributed by atoms with Gasteiger partial charge in [-0.2, -0.15) is 5.10 Å². The van der Waals surface area contributed by atoms with Crippen LogP contribution in [0.3, 0.4) is 0 Å². The lowest BCUT2D eigenvalue weighted by atomic mass is 10.1. The third-order valence-corrected chi connectivity index (χ3v) is 3.90. The highest BCUT2D eigenvalue weighted by Crippen LogP contribution is 2.21. The average Bonchev–Trinajstić information content (AvgIpc) is 3.15. The van der Waals surface area contributed by atoms with Crippen molar-refractivity contribution in [2.24, 2.45) is 0 Å². The summed E-state index contributed by atoms with van der Waals surface area (Å²) in [5.74, 6) is 0.450.